The van der Waals surface area contributed by atoms with Crippen LogP contribution in [-0.4, -0.2) is 34.5 Å². The van der Waals surface area contributed by atoms with Crippen molar-refractivity contribution in [3.05, 3.63) is 51.4 Å². The second-order valence-electron chi connectivity index (χ2n) is 5.42. The van der Waals surface area contributed by atoms with Crippen molar-refractivity contribution in [3.63, 3.8) is 0 Å². The lowest BCUT2D eigenvalue weighted by Crippen LogP contribution is -2.37. The molecule has 2 heterocycles. The van der Waals surface area contributed by atoms with Crippen molar-refractivity contribution in [3.8, 4) is 0 Å². The Hall–Kier alpha value is -2.19. The summed E-state index contributed by atoms with van der Waals surface area (Å²) in [5, 5.41) is 5.43. The molecule has 130 valence electrons. The minimum absolute atomic E-state index is 0.0254. The highest BCUT2D eigenvalue weighted by atomic mass is 79.9. The second-order valence-corrected chi connectivity index (χ2v) is 7.88. The van der Waals surface area contributed by atoms with E-state index in [-0.39, 0.29) is 18.4 Å². The molecule has 8 heteroatoms. The van der Waals surface area contributed by atoms with Crippen LogP contribution < -0.4 is 10.6 Å². The smallest absolute Gasteiger partial charge is 0.261 e. The van der Waals surface area contributed by atoms with Gasteiger partial charge in [-0.05, 0) is 46.6 Å². The van der Waals surface area contributed by atoms with Crippen LogP contribution in [-0.2, 0) is 11.3 Å². The summed E-state index contributed by atoms with van der Waals surface area (Å²) in [6.07, 6.45) is 2.60. The molecule has 0 unspecified atom stereocenters. The van der Waals surface area contributed by atoms with Crippen LogP contribution in [0, 0.1) is 0 Å². The van der Waals surface area contributed by atoms with Gasteiger partial charge in [-0.1, -0.05) is 12.1 Å². The van der Waals surface area contributed by atoms with Crippen LogP contribution in [0.25, 0.3) is 11.0 Å². The number of carbonyl (C=O) groups is 2. The van der Waals surface area contributed by atoms with Crippen LogP contribution >= 0.6 is 27.3 Å². The molecule has 3 rings (SSSR count). The van der Waals surface area contributed by atoms with E-state index in [1.807, 2.05) is 30.6 Å². The maximum absolute atomic E-state index is 11.9. The van der Waals surface area contributed by atoms with Crippen molar-refractivity contribution in [1.82, 2.24) is 20.2 Å². The van der Waals surface area contributed by atoms with Crippen molar-refractivity contribution in [1.29, 1.82) is 0 Å². The number of hydrogen-bond acceptors (Lipinski definition) is 4. The Kier molecular flexibility index (Phi) is 5.83. The van der Waals surface area contributed by atoms with Gasteiger partial charge in [-0.3, -0.25) is 9.59 Å². The lowest BCUT2D eigenvalue weighted by molar-refractivity contribution is -0.120. The van der Waals surface area contributed by atoms with Gasteiger partial charge in [-0.2, -0.15) is 0 Å². The third kappa shape index (κ3) is 4.67. The average Bonchev–Trinajstić information content (AvgIpc) is 3.23. The summed E-state index contributed by atoms with van der Waals surface area (Å²) in [6.45, 7) is 1.30. The fraction of sp³-hybridized carbons (Fsp3) is 0.235. The molecule has 0 aliphatic carbocycles. The van der Waals surface area contributed by atoms with Gasteiger partial charge in [0.25, 0.3) is 5.91 Å². The molecular weight excluding hydrogens is 404 g/mol. The summed E-state index contributed by atoms with van der Waals surface area (Å²) in [6, 6.07) is 11.5. The third-order valence-corrected chi connectivity index (χ3v) is 5.25. The number of nitrogens with one attached hydrogen (secondary N) is 2. The number of amides is 2. The fourth-order valence-corrected chi connectivity index (χ4v) is 3.71. The van der Waals surface area contributed by atoms with Crippen molar-refractivity contribution < 1.29 is 9.59 Å². The fourth-order valence-electron chi connectivity index (χ4n) is 2.41. The summed E-state index contributed by atoms with van der Waals surface area (Å²) in [7, 11) is 0. The Bertz CT molecular complexity index is 890. The Labute approximate surface area is 157 Å². The van der Waals surface area contributed by atoms with E-state index in [1.165, 1.54) is 11.3 Å². The highest BCUT2D eigenvalue weighted by Gasteiger charge is 2.10. The lowest BCUT2D eigenvalue weighted by atomic mass is 10.3. The molecule has 2 amide bonds. The van der Waals surface area contributed by atoms with Gasteiger partial charge < -0.3 is 15.2 Å². The number of nitrogens with zero attached hydrogens (tertiary/aromatic N) is 2. The summed E-state index contributed by atoms with van der Waals surface area (Å²) in [5.41, 5.74) is 2.05. The summed E-state index contributed by atoms with van der Waals surface area (Å²) in [4.78, 5) is 28.6. The molecule has 2 N–H and O–H groups in total. The Morgan fingerprint density at radius 2 is 2.00 bits per heavy atom. The van der Waals surface area contributed by atoms with Gasteiger partial charge in [0, 0.05) is 13.1 Å². The van der Waals surface area contributed by atoms with E-state index in [9.17, 15) is 9.59 Å². The van der Waals surface area contributed by atoms with E-state index in [0.29, 0.717) is 11.4 Å². The Morgan fingerprint density at radius 1 is 1.16 bits per heavy atom. The first kappa shape index (κ1) is 17.6. The zero-order valence-electron chi connectivity index (χ0n) is 13.4. The number of rotatable bonds is 7. The number of aromatic nitrogens is 2. The number of thiophene rings is 1. The van der Waals surface area contributed by atoms with Gasteiger partial charge in [-0.15, -0.1) is 11.3 Å². The molecule has 25 heavy (non-hydrogen) atoms. The van der Waals surface area contributed by atoms with E-state index in [4.69, 9.17) is 0 Å². The SMILES string of the molecule is O=C(CNC(=O)c1ccc(Br)s1)NCCCn1cnc2ccccc21. The highest BCUT2D eigenvalue weighted by Crippen LogP contribution is 2.21. The topological polar surface area (TPSA) is 76.0 Å². The quantitative estimate of drug-likeness (QED) is 0.576. The standard InChI is InChI=1S/C17H17BrN4O2S/c18-15-7-6-14(25-15)17(24)20-10-16(23)19-8-3-9-22-11-21-12-4-1-2-5-13(12)22/h1-2,4-7,11H,3,8-10H2,(H,19,23)(H,20,24). The minimum atomic E-state index is -0.240. The number of benzene rings is 1. The number of imidazole rings is 1. The molecule has 3 aromatic rings. The zero-order valence-corrected chi connectivity index (χ0v) is 15.8. The first-order valence-corrected chi connectivity index (χ1v) is 9.44. The number of para-hydroxylation sites is 2. The number of halogens is 1. The highest BCUT2D eigenvalue weighted by molar-refractivity contribution is 9.11. The van der Waals surface area contributed by atoms with E-state index in [1.54, 1.807) is 12.1 Å². The van der Waals surface area contributed by atoms with Crippen LogP contribution in [0.1, 0.15) is 16.1 Å². The maximum atomic E-state index is 11.9. The van der Waals surface area contributed by atoms with Crippen molar-refractivity contribution in [2.24, 2.45) is 0 Å². The van der Waals surface area contributed by atoms with Crippen LogP contribution in [0.4, 0.5) is 0 Å². The van der Waals surface area contributed by atoms with Gasteiger partial charge in [-0.25, -0.2) is 4.98 Å². The summed E-state index contributed by atoms with van der Waals surface area (Å²) >= 11 is 4.64. The molecule has 0 saturated heterocycles. The molecule has 2 aromatic heterocycles. The predicted octanol–water partition coefficient (Wildman–Crippen LogP) is 2.80. The largest absolute Gasteiger partial charge is 0.355 e. The molecular formula is C17H17BrN4O2S. The molecule has 6 nitrogen and oxygen atoms in total. The maximum Gasteiger partial charge on any atom is 0.261 e. The summed E-state index contributed by atoms with van der Waals surface area (Å²) in [5.74, 6) is -0.435. The van der Waals surface area contributed by atoms with Gasteiger partial charge in [0.05, 0.1) is 32.6 Å². The number of fused-ring (bicyclic) bond motifs is 1. The molecule has 0 aliphatic heterocycles. The van der Waals surface area contributed by atoms with Gasteiger partial charge in [0.1, 0.15) is 0 Å². The molecule has 0 bridgehead atoms. The molecule has 0 saturated carbocycles. The monoisotopic (exact) mass is 420 g/mol. The van der Waals surface area contributed by atoms with E-state index >= 15 is 0 Å². The van der Waals surface area contributed by atoms with Crippen LogP contribution in [0.15, 0.2) is 46.5 Å². The minimum Gasteiger partial charge on any atom is -0.355 e. The Balaban J connectivity index is 1.37. The van der Waals surface area contributed by atoms with E-state index in [0.717, 1.165) is 27.8 Å². The van der Waals surface area contributed by atoms with E-state index in [2.05, 4.69) is 36.1 Å². The number of aryl methyl sites for hydroxylation is 1. The third-order valence-electron chi connectivity index (χ3n) is 3.63. The molecule has 0 fully saturated rings. The van der Waals surface area contributed by atoms with E-state index < -0.39 is 0 Å². The normalized spacial score (nSPS) is 10.8. The van der Waals surface area contributed by atoms with Crippen molar-refractivity contribution >= 4 is 50.1 Å². The first-order valence-electron chi connectivity index (χ1n) is 7.83. The average molecular weight is 421 g/mol. The Morgan fingerprint density at radius 3 is 2.80 bits per heavy atom. The molecule has 0 spiro atoms. The van der Waals surface area contributed by atoms with Gasteiger partial charge in [0.2, 0.25) is 5.91 Å². The van der Waals surface area contributed by atoms with Gasteiger partial charge >= 0.3 is 0 Å². The first-order chi connectivity index (χ1) is 12.1. The molecule has 0 atom stereocenters. The molecule has 0 aliphatic rings. The van der Waals surface area contributed by atoms with Crippen molar-refractivity contribution in [2.45, 2.75) is 13.0 Å². The molecule has 0 radical (unpaired) electrons. The number of hydrogen-bond donors (Lipinski definition) is 2. The molecule has 1 aromatic carbocycles. The van der Waals surface area contributed by atoms with Crippen molar-refractivity contribution in [2.75, 3.05) is 13.1 Å². The lowest BCUT2D eigenvalue weighted by Gasteiger charge is -2.07. The van der Waals surface area contributed by atoms with Crippen LogP contribution in [0.2, 0.25) is 0 Å². The zero-order chi connectivity index (χ0) is 17.6. The number of carbonyl (C=O) groups excluding carboxylic acids is 2. The van der Waals surface area contributed by atoms with Gasteiger partial charge in [0.15, 0.2) is 0 Å². The summed E-state index contributed by atoms with van der Waals surface area (Å²) < 4.78 is 2.95. The van der Waals surface area contributed by atoms with Crippen LogP contribution in [0.5, 0.6) is 0 Å². The predicted molar refractivity (Wildman–Crippen MR) is 102 cm³/mol. The second kappa shape index (κ2) is 8.26. The van der Waals surface area contributed by atoms with Crippen LogP contribution in [0.3, 0.4) is 0 Å².